The highest BCUT2D eigenvalue weighted by atomic mass is 35.5. The van der Waals surface area contributed by atoms with Crippen LogP contribution in [0.15, 0.2) is 72.4 Å². The summed E-state index contributed by atoms with van der Waals surface area (Å²) in [6, 6.07) is 17.3. The van der Waals surface area contributed by atoms with Gasteiger partial charge in [0.25, 0.3) is 0 Å². The molecule has 0 aliphatic carbocycles. The molecule has 1 unspecified atom stereocenters. The standard InChI is InChI=1S/C30H28ClFN4O4S2/c1-3-42(37,38)12-11-39-19(2)30-36-27(17-41-30)21-7-9-26-24(14-21)29(34-18-33-26)35-23-8-10-28(25(31)15-23)40-16-20-5-4-6-22(32)13-20/h4-10,13-15,17-19H,3,11-12,16H2,1-2H3,(H,33,34,35). The van der Waals surface area contributed by atoms with E-state index in [0.29, 0.717) is 27.8 Å². The molecule has 0 spiro atoms. The molecule has 2 aromatic heterocycles. The van der Waals surface area contributed by atoms with Crippen molar-refractivity contribution in [2.45, 2.75) is 26.6 Å². The molecule has 1 N–H and O–H groups in total. The quantitative estimate of drug-likeness (QED) is 0.153. The molecule has 0 aliphatic rings. The van der Waals surface area contributed by atoms with Crippen molar-refractivity contribution < 1.29 is 22.3 Å². The van der Waals surface area contributed by atoms with Crippen molar-refractivity contribution in [2.24, 2.45) is 0 Å². The number of ether oxygens (including phenoxy) is 2. The van der Waals surface area contributed by atoms with Gasteiger partial charge in [0.2, 0.25) is 0 Å². The molecule has 5 rings (SSSR count). The van der Waals surface area contributed by atoms with E-state index in [2.05, 4.69) is 15.3 Å². The summed E-state index contributed by atoms with van der Waals surface area (Å²) in [5, 5.41) is 7.20. The average Bonchev–Trinajstić information content (AvgIpc) is 3.47. The van der Waals surface area contributed by atoms with E-state index in [9.17, 15) is 12.8 Å². The molecule has 3 aromatic carbocycles. The Morgan fingerprint density at radius 3 is 2.74 bits per heavy atom. The van der Waals surface area contributed by atoms with E-state index < -0.39 is 9.84 Å². The zero-order chi connectivity index (χ0) is 29.7. The van der Waals surface area contributed by atoms with E-state index in [0.717, 1.165) is 27.2 Å². The molecule has 0 amide bonds. The molecule has 1 atom stereocenters. The van der Waals surface area contributed by atoms with Crippen molar-refractivity contribution in [3.8, 4) is 17.0 Å². The molecule has 0 bridgehead atoms. The summed E-state index contributed by atoms with van der Waals surface area (Å²) in [7, 11) is -3.09. The van der Waals surface area contributed by atoms with Crippen LogP contribution in [0.1, 0.15) is 30.5 Å². The number of nitrogens with zero attached hydrogens (tertiary/aromatic N) is 3. The number of rotatable bonds is 12. The average molecular weight is 627 g/mol. The van der Waals surface area contributed by atoms with Crippen molar-refractivity contribution in [3.05, 3.63) is 93.8 Å². The molecule has 0 aliphatic heterocycles. The van der Waals surface area contributed by atoms with Crippen molar-refractivity contribution in [2.75, 3.05) is 23.4 Å². The van der Waals surface area contributed by atoms with Gasteiger partial charge in [-0.2, -0.15) is 0 Å². The fraction of sp³-hybridized carbons (Fsp3) is 0.233. The number of benzene rings is 3. The Labute approximate surface area is 252 Å². The number of nitrogens with one attached hydrogen (secondary N) is 1. The van der Waals surface area contributed by atoms with Crippen LogP contribution in [0.4, 0.5) is 15.9 Å². The van der Waals surface area contributed by atoms with Crippen LogP contribution >= 0.6 is 22.9 Å². The third-order valence-electron chi connectivity index (χ3n) is 6.48. The Bertz CT molecular complexity index is 1820. The first-order chi connectivity index (χ1) is 20.2. The number of aromatic nitrogens is 3. The number of hydrogen-bond acceptors (Lipinski definition) is 9. The van der Waals surface area contributed by atoms with Gasteiger partial charge >= 0.3 is 0 Å². The van der Waals surface area contributed by atoms with Crippen LogP contribution in [0.3, 0.4) is 0 Å². The molecule has 0 saturated heterocycles. The van der Waals surface area contributed by atoms with Gasteiger partial charge in [0.05, 0.1) is 28.6 Å². The Hall–Kier alpha value is -3.64. The second kappa shape index (κ2) is 13.1. The molecular formula is C30H28ClFN4O4S2. The van der Waals surface area contributed by atoms with Crippen molar-refractivity contribution in [1.29, 1.82) is 0 Å². The Morgan fingerprint density at radius 1 is 1.10 bits per heavy atom. The molecule has 12 heteroatoms. The lowest BCUT2D eigenvalue weighted by molar-refractivity contribution is 0.0775. The van der Waals surface area contributed by atoms with Gasteiger partial charge in [-0.3, -0.25) is 0 Å². The first kappa shape index (κ1) is 29.8. The number of thiazole rings is 1. The highest BCUT2D eigenvalue weighted by Gasteiger charge is 2.15. The van der Waals surface area contributed by atoms with Gasteiger partial charge in [-0.05, 0) is 55.0 Å². The van der Waals surface area contributed by atoms with Crippen molar-refractivity contribution in [3.63, 3.8) is 0 Å². The third-order valence-corrected chi connectivity index (χ3v) is 9.45. The van der Waals surface area contributed by atoms with Crippen molar-refractivity contribution in [1.82, 2.24) is 15.0 Å². The zero-order valence-electron chi connectivity index (χ0n) is 22.9. The van der Waals surface area contributed by atoms with Gasteiger partial charge in [0.15, 0.2) is 9.84 Å². The van der Waals surface area contributed by atoms with Crippen LogP contribution in [0.5, 0.6) is 5.75 Å². The summed E-state index contributed by atoms with van der Waals surface area (Å²) >= 11 is 7.94. The third kappa shape index (κ3) is 7.40. The summed E-state index contributed by atoms with van der Waals surface area (Å²) in [5.74, 6) is 0.835. The predicted octanol–water partition coefficient (Wildman–Crippen LogP) is 7.38. The number of halogens is 2. The minimum Gasteiger partial charge on any atom is -0.487 e. The van der Waals surface area contributed by atoms with E-state index in [1.54, 1.807) is 31.2 Å². The van der Waals surface area contributed by atoms with Gasteiger partial charge < -0.3 is 14.8 Å². The maximum atomic E-state index is 13.5. The van der Waals surface area contributed by atoms with Gasteiger partial charge in [-0.25, -0.2) is 27.8 Å². The molecule has 8 nitrogen and oxygen atoms in total. The van der Waals surface area contributed by atoms with Gasteiger partial charge in [0.1, 0.15) is 41.4 Å². The molecule has 5 aromatic rings. The maximum absolute atomic E-state index is 13.5. The summed E-state index contributed by atoms with van der Waals surface area (Å²) in [5.41, 5.74) is 3.80. The summed E-state index contributed by atoms with van der Waals surface area (Å²) < 4.78 is 48.5. The number of hydrogen-bond donors (Lipinski definition) is 1. The van der Waals surface area contributed by atoms with Crippen LogP contribution in [0.25, 0.3) is 22.2 Å². The SMILES string of the molecule is CCS(=O)(=O)CCOC(C)c1nc(-c2ccc3ncnc(Nc4ccc(OCc5cccc(F)c5)c(Cl)c4)c3c2)cs1. The number of fused-ring (bicyclic) bond motifs is 1. The van der Waals surface area contributed by atoms with E-state index in [1.165, 1.54) is 29.8 Å². The topological polar surface area (TPSA) is 103 Å². The fourth-order valence-electron chi connectivity index (χ4n) is 4.11. The summed E-state index contributed by atoms with van der Waals surface area (Å²) in [6.07, 6.45) is 1.16. The van der Waals surface area contributed by atoms with Crippen LogP contribution in [0, 0.1) is 5.82 Å². The van der Waals surface area contributed by atoms with Gasteiger partial charge in [-0.1, -0.05) is 36.7 Å². The molecule has 2 heterocycles. The second-order valence-corrected chi connectivity index (χ2v) is 13.2. The monoisotopic (exact) mass is 626 g/mol. The van der Waals surface area contributed by atoms with E-state index in [4.69, 9.17) is 26.1 Å². The molecule has 0 radical (unpaired) electrons. The highest BCUT2D eigenvalue weighted by molar-refractivity contribution is 7.91. The number of sulfone groups is 1. The Morgan fingerprint density at radius 2 is 1.95 bits per heavy atom. The fourth-order valence-corrected chi connectivity index (χ4v) is 5.82. The predicted molar refractivity (Wildman–Crippen MR) is 165 cm³/mol. The normalized spacial score (nSPS) is 12.4. The van der Waals surface area contributed by atoms with E-state index >= 15 is 0 Å². The first-order valence-electron chi connectivity index (χ1n) is 13.2. The molecule has 0 saturated carbocycles. The molecule has 0 fully saturated rings. The van der Waals surface area contributed by atoms with Crippen LogP contribution in [-0.2, 0) is 21.2 Å². The van der Waals surface area contributed by atoms with Crippen LogP contribution in [-0.4, -0.2) is 41.5 Å². The van der Waals surface area contributed by atoms with Crippen LogP contribution < -0.4 is 10.1 Å². The molecular weight excluding hydrogens is 599 g/mol. The Balaban J connectivity index is 1.30. The summed E-state index contributed by atoms with van der Waals surface area (Å²) in [4.78, 5) is 13.6. The van der Waals surface area contributed by atoms with Crippen LogP contribution in [0.2, 0.25) is 5.02 Å². The lowest BCUT2D eigenvalue weighted by Gasteiger charge is -2.12. The highest BCUT2D eigenvalue weighted by Crippen LogP contribution is 2.33. The van der Waals surface area contributed by atoms with Gasteiger partial charge in [0, 0.05) is 27.8 Å². The van der Waals surface area contributed by atoms with Crippen molar-refractivity contribution >= 4 is 55.2 Å². The largest absolute Gasteiger partial charge is 0.487 e. The summed E-state index contributed by atoms with van der Waals surface area (Å²) in [6.45, 7) is 3.80. The maximum Gasteiger partial charge on any atom is 0.152 e. The Kier molecular flexibility index (Phi) is 9.32. The lowest BCUT2D eigenvalue weighted by atomic mass is 10.1. The van der Waals surface area contributed by atoms with E-state index in [1.807, 2.05) is 36.6 Å². The van der Waals surface area contributed by atoms with E-state index in [-0.39, 0.29) is 36.6 Å². The molecule has 42 heavy (non-hydrogen) atoms. The first-order valence-corrected chi connectivity index (χ1v) is 16.2. The van der Waals surface area contributed by atoms with Gasteiger partial charge in [-0.15, -0.1) is 11.3 Å². The number of anilines is 2. The minimum absolute atomic E-state index is 0.0115. The molecule has 218 valence electrons. The second-order valence-electron chi connectivity index (χ2n) is 9.46. The zero-order valence-corrected chi connectivity index (χ0v) is 25.3. The lowest BCUT2D eigenvalue weighted by Crippen LogP contribution is -2.15. The smallest absolute Gasteiger partial charge is 0.152 e. The minimum atomic E-state index is -3.09.